The molecule has 0 saturated heterocycles. The first-order valence-corrected chi connectivity index (χ1v) is 6.77. The lowest BCUT2D eigenvalue weighted by Gasteiger charge is -2.03. The van der Waals surface area contributed by atoms with Crippen LogP contribution in [0.1, 0.15) is 19.2 Å². The van der Waals surface area contributed by atoms with E-state index >= 15 is 0 Å². The largest absolute Gasteiger partial charge is 0.339 e. The number of rotatable bonds is 5. The van der Waals surface area contributed by atoms with Gasteiger partial charge < -0.3 is 10.3 Å². The Morgan fingerprint density at radius 1 is 1.44 bits per heavy atom. The maximum Gasteiger partial charge on any atom is 0.226 e. The molecule has 1 unspecified atom stereocenters. The van der Waals surface area contributed by atoms with Gasteiger partial charge in [0, 0.05) is 16.5 Å². The molecule has 96 valence electrons. The fourth-order valence-electron chi connectivity index (χ4n) is 1.59. The van der Waals surface area contributed by atoms with Crippen LogP contribution in [0.25, 0.3) is 11.4 Å². The Balaban J connectivity index is 2.06. The van der Waals surface area contributed by atoms with Gasteiger partial charge >= 0.3 is 0 Å². The molecule has 1 atom stereocenters. The van der Waals surface area contributed by atoms with Crippen molar-refractivity contribution in [3.05, 3.63) is 34.6 Å². The van der Waals surface area contributed by atoms with Crippen molar-refractivity contribution in [2.24, 2.45) is 11.7 Å². The summed E-state index contributed by atoms with van der Waals surface area (Å²) in [5.74, 6) is 1.78. The maximum atomic E-state index is 5.58. The molecule has 18 heavy (non-hydrogen) atoms. The number of nitrogens with zero attached hydrogens (tertiary/aromatic N) is 2. The summed E-state index contributed by atoms with van der Waals surface area (Å²) in [6, 6.07) is 7.85. The van der Waals surface area contributed by atoms with Crippen molar-refractivity contribution in [3.8, 4) is 11.4 Å². The molecule has 0 bridgehead atoms. The van der Waals surface area contributed by atoms with E-state index in [1.807, 2.05) is 24.3 Å². The molecule has 0 saturated carbocycles. The van der Waals surface area contributed by atoms with Gasteiger partial charge in [-0.25, -0.2) is 0 Å². The molecule has 5 heteroatoms. The minimum Gasteiger partial charge on any atom is -0.339 e. The Morgan fingerprint density at radius 3 is 3.00 bits per heavy atom. The zero-order valence-electron chi connectivity index (χ0n) is 10.3. The molecule has 0 fully saturated rings. The van der Waals surface area contributed by atoms with E-state index in [-0.39, 0.29) is 0 Å². The van der Waals surface area contributed by atoms with Gasteiger partial charge in [-0.2, -0.15) is 4.98 Å². The Kier molecular flexibility index (Phi) is 4.49. The number of hydrogen-bond acceptors (Lipinski definition) is 4. The molecular weight excluding hydrogens is 294 g/mol. The minimum absolute atomic E-state index is 0.478. The quantitative estimate of drug-likeness (QED) is 0.922. The first-order valence-electron chi connectivity index (χ1n) is 5.97. The predicted octanol–water partition coefficient (Wildman–Crippen LogP) is 3.03. The molecule has 1 aromatic carbocycles. The maximum absolute atomic E-state index is 5.58. The first-order chi connectivity index (χ1) is 8.69. The molecule has 4 nitrogen and oxygen atoms in total. The van der Waals surface area contributed by atoms with Crippen LogP contribution in [0.4, 0.5) is 0 Å². The summed E-state index contributed by atoms with van der Waals surface area (Å²) in [7, 11) is 0. The normalized spacial score (nSPS) is 12.6. The van der Waals surface area contributed by atoms with Crippen molar-refractivity contribution in [2.45, 2.75) is 19.8 Å². The lowest BCUT2D eigenvalue weighted by molar-refractivity contribution is 0.366. The van der Waals surface area contributed by atoms with Crippen molar-refractivity contribution in [1.29, 1.82) is 0 Å². The van der Waals surface area contributed by atoms with Crippen molar-refractivity contribution in [1.82, 2.24) is 10.1 Å². The van der Waals surface area contributed by atoms with Crippen LogP contribution in [0.5, 0.6) is 0 Å². The van der Waals surface area contributed by atoms with Crippen LogP contribution in [0, 0.1) is 5.92 Å². The molecule has 0 radical (unpaired) electrons. The molecule has 1 heterocycles. The average molecular weight is 310 g/mol. The van der Waals surface area contributed by atoms with Gasteiger partial charge in [-0.3, -0.25) is 0 Å². The monoisotopic (exact) mass is 309 g/mol. The number of aryl methyl sites for hydroxylation is 1. The predicted molar refractivity (Wildman–Crippen MR) is 74.0 cm³/mol. The van der Waals surface area contributed by atoms with E-state index in [0.29, 0.717) is 24.2 Å². The van der Waals surface area contributed by atoms with Gasteiger partial charge in [-0.15, -0.1) is 0 Å². The van der Waals surface area contributed by atoms with Crippen molar-refractivity contribution >= 4 is 15.9 Å². The van der Waals surface area contributed by atoms with Crippen LogP contribution in [0.3, 0.4) is 0 Å². The molecular formula is C13H16BrN3O. The zero-order valence-corrected chi connectivity index (χ0v) is 11.9. The van der Waals surface area contributed by atoms with E-state index in [0.717, 1.165) is 22.9 Å². The van der Waals surface area contributed by atoms with Gasteiger partial charge in [0.1, 0.15) is 0 Å². The highest BCUT2D eigenvalue weighted by atomic mass is 79.9. The second-order valence-electron chi connectivity index (χ2n) is 4.40. The van der Waals surface area contributed by atoms with Gasteiger partial charge in [-0.1, -0.05) is 40.1 Å². The highest BCUT2D eigenvalue weighted by molar-refractivity contribution is 9.10. The Hall–Kier alpha value is -1.20. The molecule has 2 aromatic rings. The highest BCUT2D eigenvalue weighted by Crippen LogP contribution is 2.20. The van der Waals surface area contributed by atoms with Crippen LogP contribution < -0.4 is 5.73 Å². The molecule has 0 spiro atoms. The Labute approximate surface area is 115 Å². The summed E-state index contributed by atoms with van der Waals surface area (Å²) in [6.07, 6.45) is 1.75. The van der Waals surface area contributed by atoms with E-state index in [4.69, 9.17) is 10.3 Å². The second-order valence-corrected chi connectivity index (χ2v) is 5.32. The summed E-state index contributed by atoms with van der Waals surface area (Å²) in [5.41, 5.74) is 6.53. The van der Waals surface area contributed by atoms with Crippen molar-refractivity contribution < 1.29 is 4.52 Å². The molecule has 0 aliphatic rings. The number of nitrogens with two attached hydrogens (primary N) is 1. The van der Waals surface area contributed by atoms with Gasteiger partial charge in [0.05, 0.1) is 0 Å². The SMILES string of the molecule is CC(CN)CCc1nc(-c2cccc(Br)c2)no1. The van der Waals surface area contributed by atoms with E-state index in [1.165, 1.54) is 0 Å². The second kappa shape index (κ2) is 6.11. The lowest BCUT2D eigenvalue weighted by atomic mass is 10.1. The third-order valence-corrected chi connectivity index (χ3v) is 3.30. The zero-order chi connectivity index (χ0) is 13.0. The minimum atomic E-state index is 0.478. The van der Waals surface area contributed by atoms with E-state index in [1.54, 1.807) is 0 Å². The third-order valence-electron chi connectivity index (χ3n) is 2.80. The number of hydrogen-bond donors (Lipinski definition) is 1. The van der Waals surface area contributed by atoms with Gasteiger partial charge in [-0.05, 0) is 31.0 Å². The first kappa shape index (κ1) is 13.2. The van der Waals surface area contributed by atoms with Crippen LogP contribution in [-0.4, -0.2) is 16.7 Å². The standard InChI is InChI=1S/C13H16BrN3O/c1-9(8-15)5-6-12-16-13(17-18-12)10-3-2-4-11(14)7-10/h2-4,7,9H,5-6,8,15H2,1H3. The van der Waals surface area contributed by atoms with E-state index in [2.05, 4.69) is 33.0 Å². The molecule has 2 N–H and O–H groups in total. The average Bonchev–Trinajstić information content (AvgIpc) is 2.84. The summed E-state index contributed by atoms with van der Waals surface area (Å²) >= 11 is 3.43. The molecule has 0 aliphatic carbocycles. The van der Waals surface area contributed by atoms with Gasteiger partial charge in [0.2, 0.25) is 11.7 Å². The van der Waals surface area contributed by atoms with Gasteiger partial charge in [0.25, 0.3) is 0 Å². The van der Waals surface area contributed by atoms with Crippen LogP contribution >= 0.6 is 15.9 Å². The number of aromatic nitrogens is 2. The highest BCUT2D eigenvalue weighted by Gasteiger charge is 2.10. The molecule has 1 aromatic heterocycles. The van der Waals surface area contributed by atoms with Crippen molar-refractivity contribution in [2.75, 3.05) is 6.54 Å². The molecule has 2 rings (SSSR count). The lowest BCUT2D eigenvalue weighted by Crippen LogP contribution is -2.11. The Bertz CT molecular complexity index is 512. The van der Waals surface area contributed by atoms with Crippen LogP contribution in [0.2, 0.25) is 0 Å². The topological polar surface area (TPSA) is 64.9 Å². The fraction of sp³-hybridized carbons (Fsp3) is 0.385. The summed E-state index contributed by atoms with van der Waals surface area (Å²) < 4.78 is 6.24. The Morgan fingerprint density at radius 2 is 2.28 bits per heavy atom. The molecule has 0 amide bonds. The van der Waals surface area contributed by atoms with E-state index < -0.39 is 0 Å². The molecule has 0 aliphatic heterocycles. The third kappa shape index (κ3) is 3.40. The summed E-state index contributed by atoms with van der Waals surface area (Å²) in [4.78, 5) is 4.39. The number of halogens is 1. The van der Waals surface area contributed by atoms with Crippen molar-refractivity contribution in [3.63, 3.8) is 0 Å². The van der Waals surface area contributed by atoms with Crippen LogP contribution in [0.15, 0.2) is 33.3 Å². The summed E-state index contributed by atoms with van der Waals surface area (Å²) in [6.45, 7) is 2.80. The number of benzene rings is 1. The van der Waals surface area contributed by atoms with Gasteiger partial charge in [0.15, 0.2) is 0 Å². The smallest absolute Gasteiger partial charge is 0.226 e. The fourth-order valence-corrected chi connectivity index (χ4v) is 1.99. The van der Waals surface area contributed by atoms with Crippen LogP contribution in [-0.2, 0) is 6.42 Å². The summed E-state index contributed by atoms with van der Waals surface area (Å²) in [5, 5.41) is 3.99. The van der Waals surface area contributed by atoms with E-state index in [9.17, 15) is 0 Å².